The van der Waals surface area contributed by atoms with E-state index in [0.717, 1.165) is 24.3 Å². The molecule has 0 spiro atoms. The number of hydrogen-bond acceptors (Lipinski definition) is 7. The number of benzene rings is 2. The Morgan fingerprint density at radius 2 is 1.20 bits per heavy atom. The van der Waals surface area contributed by atoms with Crippen LogP contribution in [0.3, 0.4) is 0 Å². The van der Waals surface area contributed by atoms with Crippen LogP contribution in [-0.4, -0.2) is 45.2 Å². The van der Waals surface area contributed by atoms with Crippen molar-refractivity contribution in [1.82, 2.24) is 0 Å². The van der Waals surface area contributed by atoms with Crippen LogP contribution in [-0.2, 0) is 30.9 Å². The molecular weight excluding hydrogens is 669 g/mol. The van der Waals surface area contributed by atoms with E-state index in [-0.39, 0.29) is 16.7 Å². The molecule has 2 aromatic carbocycles. The molecule has 0 aliphatic carbocycles. The van der Waals surface area contributed by atoms with Crippen LogP contribution in [0.25, 0.3) is 0 Å². The molecular formula is C27H30F9NO6S2. The van der Waals surface area contributed by atoms with Crippen LogP contribution in [0.15, 0.2) is 59.8 Å². The van der Waals surface area contributed by atoms with Gasteiger partial charge >= 0.3 is 42.8 Å². The number of hydrogen-bond donors (Lipinski definition) is 0. The highest BCUT2D eigenvalue weighted by Crippen LogP contribution is 2.52. The summed E-state index contributed by atoms with van der Waals surface area (Å²) in [6.07, 6.45) is -5.21. The van der Waals surface area contributed by atoms with Crippen molar-refractivity contribution in [3.05, 3.63) is 65.7 Å². The minimum absolute atomic E-state index is 0.126. The van der Waals surface area contributed by atoms with Crippen molar-refractivity contribution in [2.45, 2.75) is 70.6 Å². The first-order valence-corrected chi connectivity index (χ1v) is 15.7. The summed E-state index contributed by atoms with van der Waals surface area (Å²) in [6.45, 7) is 11.8. The number of oxime groups is 1. The van der Waals surface area contributed by atoms with Gasteiger partial charge < -0.3 is 4.18 Å². The first-order chi connectivity index (χ1) is 20.1. The van der Waals surface area contributed by atoms with E-state index < -0.39 is 59.9 Å². The van der Waals surface area contributed by atoms with Crippen molar-refractivity contribution in [3.63, 3.8) is 0 Å². The van der Waals surface area contributed by atoms with Crippen LogP contribution in [0.2, 0.25) is 0 Å². The van der Waals surface area contributed by atoms with Gasteiger partial charge in [0, 0.05) is 5.56 Å². The van der Waals surface area contributed by atoms with Gasteiger partial charge in [0.25, 0.3) is 0 Å². The summed E-state index contributed by atoms with van der Waals surface area (Å²) in [4.78, 5) is 0. The van der Waals surface area contributed by atoms with E-state index in [1.54, 1.807) is 0 Å². The summed E-state index contributed by atoms with van der Waals surface area (Å²) in [5.74, 6) is -8.24. The average molecular weight is 700 g/mol. The molecule has 0 heterocycles. The fourth-order valence-electron chi connectivity index (χ4n) is 4.08. The third-order valence-corrected chi connectivity index (χ3v) is 10.0. The molecule has 0 radical (unpaired) electrons. The Labute approximate surface area is 254 Å². The predicted molar refractivity (Wildman–Crippen MR) is 146 cm³/mol. The van der Waals surface area contributed by atoms with E-state index in [2.05, 4.69) is 8.47 Å². The molecule has 7 nitrogen and oxygen atoms in total. The van der Waals surface area contributed by atoms with Crippen LogP contribution in [0, 0.1) is 16.7 Å². The lowest BCUT2D eigenvalue weighted by atomic mass is 9.59. The molecule has 0 fully saturated rings. The number of rotatable bonds is 12. The first kappa shape index (κ1) is 38.2. The van der Waals surface area contributed by atoms with E-state index in [9.17, 15) is 56.3 Å². The third-order valence-electron chi connectivity index (χ3n) is 7.59. The molecule has 1 atom stereocenters. The second-order valence-electron chi connectivity index (χ2n) is 11.6. The van der Waals surface area contributed by atoms with Gasteiger partial charge in [0.1, 0.15) is 5.75 Å². The van der Waals surface area contributed by atoms with Gasteiger partial charge in [-0.05, 0) is 40.9 Å². The molecule has 0 aliphatic heterocycles. The van der Waals surface area contributed by atoms with E-state index in [1.165, 1.54) is 18.2 Å². The fraction of sp³-hybridized carbons (Fsp3) is 0.519. The summed E-state index contributed by atoms with van der Waals surface area (Å²) < 4.78 is 182. The van der Waals surface area contributed by atoms with Gasteiger partial charge in [-0.1, -0.05) is 89.2 Å². The van der Waals surface area contributed by atoms with Crippen molar-refractivity contribution in [2.75, 3.05) is 0 Å². The van der Waals surface area contributed by atoms with Gasteiger partial charge in [-0.15, -0.1) is 0 Å². The molecule has 254 valence electrons. The first-order valence-electron chi connectivity index (χ1n) is 12.9. The Morgan fingerprint density at radius 3 is 1.62 bits per heavy atom. The number of alkyl halides is 9. The second kappa shape index (κ2) is 12.3. The highest BCUT2D eigenvalue weighted by atomic mass is 32.2. The normalized spacial score (nSPS) is 16.0. The maximum Gasteiger partial charge on any atom is 0.452 e. The van der Waals surface area contributed by atoms with Gasteiger partial charge in [0.05, 0.1) is 0 Å². The Morgan fingerprint density at radius 1 is 0.733 bits per heavy atom. The van der Waals surface area contributed by atoms with Crippen molar-refractivity contribution < 1.29 is 64.8 Å². The second-order valence-corrected chi connectivity index (χ2v) is 14.8. The Bertz CT molecular complexity index is 1590. The molecule has 1 unspecified atom stereocenters. The summed E-state index contributed by atoms with van der Waals surface area (Å²) >= 11 is 0. The van der Waals surface area contributed by atoms with E-state index in [1.807, 2.05) is 46.7 Å². The molecule has 0 saturated carbocycles. The maximum atomic E-state index is 14.6. The fourth-order valence-corrected chi connectivity index (χ4v) is 5.77. The Kier molecular flexibility index (Phi) is 10.4. The topological polar surface area (TPSA) is 99.1 Å². The molecule has 0 aromatic heterocycles. The number of halogens is 9. The van der Waals surface area contributed by atoms with E-state index in [4.69, 9.17) is 0 Å². The minimum atomic E-state index is -7.51. The average Bonchev–Trinajstić information content (AvgIpc) is 2.88. The lowest BCUT2D eigenvalue weighted by molar-refractivity contribution is -0.247. The molecule has 0 amide bonds. The zero-order chi connectivity index (χ0) is 35.1. The lowest BCUT2D eigenvalue weighted by Gasteiger charge is -2.46. The standard InChI is InChI=1S/C27H30F9NO6S2/c1-17(2)23(6,22(3,4)5)16-18-12-14-20(15-13-18)42-44(38,39)26(33,34)25(31,32)27(35,36)45(40,41)43-37-21(24(28,29)30)19-10-8-7-9-11-19/h7-15,17H,16H2,1-6H3. The van der Waals surface area contributed by atoms with Crippen molar-refractivity contribution >= 4 is 25.9 Å². The van der Waals surface area contributed by atoms with Crippen molar-refractivity contribution in [2.24, 2.45) is 21.9 Å². The van der Waals surface area contributed by atoms with Gasteiger partial charge in [0.2, 0.25) is 0 Å². The van der Waals surface area contributed by atoms with Crippen molar-refractivity contribution in [3.8, 4) is 5.75 Å². The smallest absolute Gasteiger partial charge is 0.378 e. The summed E-state index contributed by atoms with van der Waals surface area (Å²) in [6, 6.07) is 8.49. The molecule has 0 N–H and O–H groups in total. The summed E-state index contributed by atoms with van der Waals surface area (Å²) in [5, 5.41) is -12.2. The zero-order valence-electron chi connectivity index (χ0n) is 24.6. The molecule has 0 saturated heterocycles. The van der Waals surface area contributed by atoms with Crippen LogP contribution in [0.5, 0.6) is 5.75 Å². The highest BCUT2D eigenvalue weighted by Gasteiger charge is 2.84. The van der Waals surface area contributed by atoms with Gasteiger partial charge in [0.15, 0.2) is 5.71 Å². The quantitative estimate of drug-likeness (QED) is 0.0972. The van der Waals surface area contributed by atoms with Crippen LogP contribution in [0.1, 0.15) is 52.7 Å². The van der Waals surface area contributed by atoms with Crippen LogP contribution >= 0.6 is 0 Å². The van der Waals surface area contributed by atoms with Crippen LogP contribution in [0.4, 0.5) is 39.5 Å². The van der Waals surface area contributed by atoms with Gasteiger partial charge in [-0.2, -0.15) is 56.3 Å². The van der Waals surface area contributed by atoms with Gasteiger partial charge in [-0.25, -0.2) is 0 Å². The molecule has 45 heavy (non-hydrogen) atoms. The summed E-state index contributed by atoms with van der Waals surface area (Å²) in [7, 11) is -14.6. The van der Waals surface area contributed by atoms with Crippen LogP contribution < -0.4 is 4.18 Å². The third kappa shape index (κ3) is 7.36. The van der Waals surface area contributed by atoms with Gasteiger partial charge in [-0.3, -0.25) is 4.28 Å². The Hall–Kier alpha value is -3.02. The lowest BCUT2D eigenvalue weighted by Crippen LogP contribution is -2.61. The molecule has 18 heteroatoms. The number of nitrogens with zero attached hydrogens (tertiary/aromatic N) is 1. The molecule has 2 aromatic rings. The highest BCUT2D eigenvalue weighted by molar-refractivity contribution is 7.89. The largest absolute Gasteiger partial charge is 0.452 e. The predicted octanol–water partition coefficient (Wildman–Crippen LogP) is 7.78. The summed E-state index contributed by atoms with van der Waals surface area (Å²) in [5.41, 5.74) is -3.33. The molecule has 2 rings (SSSR count). The van der Waals surface area contributed by atoms with E-state index in [0.29, 0.717) is 24.1 Å². The molecule has 0 aliphatic rings. The van der Waals surface area contributed by atoms with Crippen molar-refractivity contribution in [1.29, 1.82) is 0 Å². The Balaban J connectivity index is 2.40. The minimum Gasteiger partial charge on any atom is -0.378 e. The van der Waals surface area contributed by atoms with E-state index >= 15 is 0 Å². The molecule has 0 bridgehead atoms. The maximum absolute atomic E-state index is 14.6. The zero-order valence-corrected chi connectivity index (χ0v) is 26.2. The SMILES string of the molecule is CC(C)C(C)(Cc1ccc(OS(=O)(=O)C(F)(F)C(F)(F)C(F)(F)S(=O)(=O)ON=C(c2ccccc2)C(F)(F)F)cc1)C(C)(C)C. The monoisotopic (exact) mass is 699 g/mol.